The SMILES string of the molecule is CCCCCc1cccc(CCCOP(=O)(OCC)OCC)c1. The Morgan fingerprint density at radius 3 is 2.04 bits per heavy atom. The van der Waals surface area contributed by atoms with Crippen LogP contribution in [0.1, 0.15) is 57.6 Å². The molecular weight excluding hydrogens is 311 g/mol. The lowest BCUT2D eigenvalue weighted by molar-refractivity contribution is 0.120. The van der Waals surface area contributed by atoms with Crippen molar-refractivity contribution in [3.05, 3.63) is 35.4 Å². The minimum atomic E-state index is -3.37. The fourth-order valence-corrected chi connectivity index (χ4v) is 3.61. The van der Waals surface area contributed by atoms with Gasteiger partial charge in [0.05, 0.1) is 19.8 Å². The molecule has 1 rings (SSSR count). The number of benzene rings is 1. The molecule has 0 aliphatic heterocycles. The van der Waals surface area contributed by atoms with Gasteiger partial charge in [0.1, 0.15) is 0 Å². The molecule has 0 radical (unpaired) electrons. The van der Waals surface area contributed by atoms with E-state index in [-0.39, 0.29) is 0 Å². The molecule has 0 aliphatic carbocycles. The summed E-state index contributed by atoms with van der Waals surface area (Å²) in [6.45, 7) is 6.78. The Balaban J connectivity index is 2.37. The molecule has 0 aromatic heterocycles. The zero-order chi connectivity index (χ0) is 17.0. The number of phosphoric ester groups is 1. The van der Waals surface area contributed by atoms with Gasteiger partial charge in [0.15, 0.2) is 0 Å². The number of rotatable bonds is 13. The number of aryl methyl sites for hydroxylation is 2. The third-order valence-electron chi connectivity index (χ3n) is 3.49. The lowest BCUT2D eigenvalue weighted by Gasteiger charge is -2.16. The minimum Gasteiger partial charge on any atom is -0.287 e. The van der Waals surface area contributed by atoms with E-state index in [4.69, 9.17) is 13.6 Å². The molecular formula is C18H31O4P. The number of phosphoric acid groups is 1. The van der Waals surface area contributed by atoms with Crippen LogP contribution in [0.2, 0.25) is 0 Å². The van der Waals surface area contributed by atoms with Gasteiger partial charge in [-0.1, -0.05) is 44.0 Å². The van der Waals surface area contributed by atoms with Crippen molar-refractivity contribution in [2.45, 2.75) is 59.3 Å². The standard InChI is InChI=1S/C18H31O4P/c1-4-7-8-11-17-12-9-13-18(16-17)14-10-15-22-23(19,20-5-2)21-6-3/h9,12-13,16H,4-8,10-11,14-15H2,1-3H3. The van der Waals surface area contributed by atoms with Crippen molar-refractivity contribution < 1.29 is 18.1 Å². The van der Waals surface area contributed by atoms with Crippen LogP contribution in [0.25, 0.3) is 0 Å². The molecule has 0 atom stereocenters. The van der Waals surface area contributed by atoms with E-state index < -0.39 is 7.82 Å². The molecule has 0 N–H and O–H groups in total. The van der Waals surface area contributed by atoms with Gasteiger partial charge in [-0.05, 0) is 50.7 Å². The summed E-state index contributed by atoms with van der Waals surface area (Å²) in [5.74, 6) is 0. The maximum Gasteiger partial charge on any atom is 0.474 e. The van der Waals surface area contributed by atoms with E-state index in [9.17, 15) is 4.57 Å². The molecule has 0 spiro atoms. The summed E-state index contributed by atoms with van der Waals surface area (Å²) < 4.78 is 27.7. The highest BCUT2D eigenvalue weighted by Crippen LogP contribution is 2.49. The van der Waals surface area contributed by atoms with Gasteiger partial charge in [-0.3, -0.25) is 13.6 Å². The van der Waals surface area contributed by atoms with Crippen molar-refractivity contribution in [2.24, 2.45) is 0 Å². The Labute approximate surface area is 141 Å². The summed E-state index contributed by atoms with van der Waals surface area (Å²) in [7, 11) is -3.37. The van der Waals surface area contributed by atoms with E-state index in [1.54, 1.807) is 13.8 Å². The van der Waals surface area contributed by atoms with E-state index in [0.29, 0.717) is 19.8 Å². The van der Waals surface area contributed by atoms with Gasteiger partial charge in [0.25, 0.3) is 0 Å². The van der Waals surface area contributed by atoms with Crippen LogP contribution >= 0.6 is 7.82 Å². The second-order valence-corrected chi connectivity index (χ2v) is 7.17. The Bertz CT molecular complexity index is 466. The van der Waals surface area contributed by atoms with Crippen LogP contribution in [0.4, 0.5) is 0 Å². The lowest BCUT2D eigenvalue weighted by Crippen LogP contribution is -2.02. The molecule has 0 bridgehead atoms. The van der Waals surface area contributed by atoms with Crippen molar-refractivity contribution >= 4 is 7.82 Å². The minimum absolute atomic E-state index is 0.317. The average molecular weight is 342 g/mol. The van der Waals surface area contributed by atoms with E-state index in [0.717, 1.165) is 19.3 Å². The fourth-order valence-electron chi connectivity index (χ4n) is 2.40. The van der Waals surface area contributed by atoms with Crippen LogP contribution in [-0.2, 0) is 31.0 Å². The smallest absolute Gasteiger partial charge is 0.287 e. The van der Waals surface area contributed by atoms with Crippen LogP contribution in [0, 0.1) is 0 Å². The second-order valence-electron chi connectivity index (χ2n) is 5.50. The van der Waals surface area contributed by atoms with Gasteiger partial charge < -0.3 is 0 Å². The maximum absolute atomic E-state index is 12.2. The van der Waals surface area contributed by atoms with E-state index >= 15 is 0 Å². The Morgan fingerprint density at radius 2 is 1.48 bits per heavy atom. The van der Waals surface area contributed by atoms with Crippen LogP contribution in [0.3, 0.4) is 0 Å². The third-order valence-corrected chi connectivity index (χ3v) is 5.14. The van der Waals surface area contributed by atoms with Gasteiger partial charge in [0.2, 0.25) is 0 Å². The zero-order valence-electron chi connectivity index (χ0n) is 14.8. The predicted molar refractivity (Wildman–Crippen MR) is 94.8 cm³/mol. The van der Waals surface area contributed by atoms with E-state index in [1.165, 1.54) is 30.4 Å². The summed E-state index contributed by atoms with van der Waals surface area (Å²) >= 11 is 0. The molecule has 1 aromatic rings. The van der Waals surface area contributed by atoms with Gasteiger partial charge in [0, 0.05) is 0 Å². The lowest BCUT2D eigenvalue weighted by atomic mass is 10.0. The molecule has 0 aliphatic rings. The van der Waals surface area contributed by atoms with Crippen LogP contribution in [-0.4, -0.2) is 19.8 Å². The van der Waals surface area contributed by atoms with Gasteiger partial charge >= 0.3 is 7.82 Å². The first kappa shape index (κ1) is 20.4. The average Bonchev–Trinajstić information content (AvgIpc) is 2.53. The topological polar surface area (TPSA) is 44.8 Å². The third kappa shape index (κ3) is 8.66. The molecule has 0 saturated heterocycles. The molecule has 0 heterocycles. The molecule has 0 unspecified atom stereocenters. The van der Waals surface area contributed by atoms with Crippen molar-refractivity contribution in [3.8, 4) is 0 Å². The first-order chi connectivity index (χ1) is 11.1. The zero-order valence-corrected chi connectivity index (χ0v) is 15.6. The molecule has 132 valence electrons. The largest absolute Gasteiger partial charge is 0.474 e. The summed E-state index contributed by atoms with van der Waals surface area (Å²) in [4.78, 5) is 0. The predicted octanol–water partition coefficient (Wildman–Crippen LogP) is 5.55. The monoisotopic (exact) mass is 342 g/mol. The van der Waals surface area contributed by atoms with Crippen molar-refractivity contribution in [2.75, 3.05) is 19.8 Å². The first-order valence-corrected chi connectivity index (χ1v) is 10.2. The summed E-state index contributed by atoms with van der Waals surface area (Å²) in [6, 6.07) is 8.70. The van der Waals surface area contributed by atoms with E-state index in [1.807, 2.05) is 0 Å². The first-order valence-electron chi connectivity index (χ1n) is 8.75. The number of hydrogen-bond acceptors (Lipinski definition) is 4. The Kier molecular flexibility index (Phi) is 10.5. The molecule has 1 aromatic carbocycles. The Hall–Kier alpha value is -0.670. The highest BCUT2D eigenvalue weighted by atomic mass is 31.2. The summed E-state index contributed by atoms with van der Waals surface area (Å²) in [6.07, 6.45) is 6.61. The normalized spacial score (nSPS) is 11.8. The van der Waals surface area contributed by atoms with E-state index in [2.05, 4.69) is 31.2 Å². The Morgan fingerprint density at radius 1 is 0.870 bits per heavy atom. The highest BCUT2D eigenvalue weighted by molar-refractivity contribution is 7.48. The van der Waals surface area contributed by atoms with Crippen molar-refractivity contribution in [1.29, 1.82) is 0 Å². The number of hydrogen-bond donors (Lipinski definition) is 0. The van der Waals surface area contributed by atoms with Gasteiger partial charge in [-0.15, -0.1) is 0 Å². The molecule has 0 saturated carbocycles. The quantitative estimate of drug-likeness (QED) is 0.348. The van der Waals surface area contributed by atoms with Crippen LogP contribution in [0.15, 0.2) is 24.3 Å². The summed E-state index contributed by atoms with van der Waals surface area (Å²) in [5, 5.41) is 0. The molecule has 0 fully saturated rings. The van der Waals surface area contributed by atoms with Crippen LogP contribution < -0.4 is 0 Å². The van der Waals surface area contributed by atoms with Crippen molar-refractivity contribution in [1.82, 2.24) is 0 Å². The molecule has 0 amide bonds. The fraction of sp³-hybridized carbons (Fsp3) is 0.667. The molecule has 5 heteroatoms. The second kappa shape index (κ2) is 11.8. The highest BCUT2D eigenvalue weighted by Gasteiger charge is 2.24. The van der Waals surface area contributed by atoms with Crippen LogP contribution in [0.5, 0.6) is 0 Å². The molecule has 23 heavy (non-hydrogen) atoms. The van der Waals surface area contributed by atoms with Gasteiger partial charge in [-0.2, -0.15) is 0 Å². The van der Waals surface area contributed by atoms with Crippen molar-refractivity contribution in [3.63, 3.8) is 0 Å². The van der Waals surface area contributed by atoms with Gasteiger partial charge in [-0.25, -0.2) is 4.57 Å². The number of unbranched alkanes of at least 4 members (excludes halogenated alkanes) is 2. The molecule has 4 nitrogen and oxygen atoms in total. The summed E-state index contributed by atoms with van der Waals surface area (Å²) in [5.41, 5.74) is 2.69. The maximum atomic E-state index is 12.2.